The molecule has 0 fully saturated rings. The number of nitrogens with one attached hydrogen (secondary N) is 2. The molecule has 8 nitrogen and oxygen atoms in total. The first kappa shape index (κ1) is 23.3. The monoisotopic (exact) mass is 415 g/mol. The van der Waals surface area contributed by atoms with Crippen molar-refractivity contribution in [1.82, 2.24) is 5.32 Å². The summed E-state index contributed by atoms with van der Waals surface area (Å²) in [5.74, 6) is -0.494. The Morgan fingerprint density at radius 2 is 1.87 bits per heavy atom. The maximum absolute atomic E-state index is 12.4. The number of methoxy groups -OCH3 is 1. The molecule has 162 valence electrons. The molecule has 0 spiro atoms. The predicted octanol–water partition coefficient (Wildman–Crippen LogP) is 3.41. The Morgan fingerprint density at radius 1 is 1.20 bits per heavy atom. The van der Waals surface area contributed by atoms with Crippen LogP contribution in [0.2, 0.25) is 0 Å². The van der Waals surface area contributed by atoms with Gasteiger partial charge in [-0.3, -0.25) is 14.9 Å². The molecule has 0 aliphatic carbocycles. The van der Waals surface area contributed by atoms with Gasteiger partial charge in [0.1, 0.15) is 5.69 Å². The third-order valence-electron chi connectivity index (χ3n) is 4.70. The number of anilines is 1. The van der Waals surface area contributed by atoms with Gasteiger partial charge in [-0.15, -0.1) is 0 Å². The molecular formula is C22H29N3O5. The van der Waals surface area contributed by atoms with E-state index in [-0.39, 0.29) is 23.2 Å². The molecule has 1 amide bonds. The molecular weight excluding hydrogens is 386 g/mol. The zero-order chi connectivity index (χ0) is 22.3. The molecule has 0 saturated carbocycles. The minimum atomic E-state index is -0.882. The van der Waals surface area contributed by atoms with Gasteiger partial charge in [-0.1, -0.05) is 45.0 Å². The summed E-state index contributed by atoms with van der Waals surface area (Å²) in [4.78, 5) is 23.2. The van der Waals surface area contributed by atoms with Gasteiger partial charge in [-0.25, -0.2) is 0 Å². The van der Waals surface area contributed by atoms with Crippen molar-refractivity contribution in [2.75, 3.05) is 32.1 Å². The average Bonchev–Trinajstić information content (AvgIpc) is 2.71. The molecule has 0 saturated heterocycles. The first-order chi connectivity index (χ1) is 14.1. The van der Waals surface area contributed by atoms with Crippen LogP contribution in [0.1, 0.15) is 48.4 Å². The van der Waals surface area contributed by atoms with E-state index < -0.39 is 16.9 Å². The molecule has 0 radical (unpaired) electrons. The van der Waals surface area contributed by atoms with E-state index in [0.29, 0.717) is 24.4 Å². The Morgan fingerprint density at radius 3 is 2.43 bits per heavy atom. The number of carbonyl (C=O) groups excluding carboxylic acids is 1. The molecule has 2 aromatic carbocycles. The summed E-state index contributed by atoms with van der Waals surface area (Å²) in [6.45, 7) is 7.12. The second-order valence-electron chi connectivity index (χ2n) is 8.01. The first-order valence-corrected chi connectivity index (χ1v) is 9.71. The van der Waals surface area contributed by atoms with Crippen molar-refractivity contribution in [3.8, 4) is 0 Å². The minimum absolute atomic E-state index is 0.00463. The standard InChI is InChI=1S/C22H29N3O5/c1-22(2,3)17-8-5-15(6-9-17)20(26)14-24-21(27)16-7-10-18(23-11-12-30-4)19(13-16)25(28)29/h5-10,13,20,23,26H,11-12,14H2,1-4H3,(H,24,27). The highest BCUT2D eigenvalue weighted by molar-refractivity contribution is 5.95. The van der Waals surface area contributed by atoms with Crippen molar-refractivity contribution >= 4 is 17.3 Å². The number of aliphatic hydroxyl groups is 1. The van der Waals surface area contributed by atoms with Crippen LogP contribution in [0.15, 0.2) is 42.5 Å². The molecule has 2 rings (SSSR count). The summed E-state index contributed by atoms with van der Waals surface area (Å²) >= 11 is 0. The van der Waals surface area contributed by atoms with Gasteiger partial charge in [0.25, 0.3) is 11.6 Å². The summed E-state index contributed by atoms with van der Waals surface area (Å²) in [6.07, 6.45) is -0.882. The smallest absolute Gasteiger partial charge is 0.293 e. The van der Waals surface area contributed by atoms with Crippen molar-refractivity contribution in [3.05, 3.63) is 69.3 Å². The number of carbonyl (C=O) groups is 1. The van der Waals surface area contributed by atoms with E-state index in [0.717, 1.165) is 5.56 Å². The van der Waals surface area contributed by atoms with Gasteiger partial charge in [0, 0.05) is 31.8 Å². The van der Waals surface area contributed by atoms with Crippen LogP contribution in [-0.2, 0) is 10.2 Å². The SMILES string of the molecule is COCCNc1ccc(C(=O)NCC(O)c2ccc(C(C)(C)C)cc2)cc1[N+](=O)[O-]. The average molecular weight is 415 g/mol. The van der Waals surface area contributed by atoms with Gasteiger partial charge in [0.05, 0.1) is 17.6 Å². The van der Waals surface area contributed by atoms with Crippen molar-refractivity contribution in [3.63, 3.8) is 0 Å². The second kappa shape index (κ2) is 10.2. The number of hydrogen-bond donors (Lipinski definition) is 3. The third kappa shape index (κ3) is 6.27. The van der Waals surface area contributed by atoms with Crippen molar-refractivity contribution in [2.45, 2.75) is 32.3 Å². The highest BCUT2D eigenvalue weighted by Crippen LogP contribution is 2.26. The molecule has 0 aliphatic rings. The van der Waals surface area contributed by atoms with Crippen molar-refractivity contribution in [1.29, 1.82) is 0 Å². The zero-order valence-corrected chi connectivity index (χ0v) is 17.8. The third-order valence-corrected chi connectivity index (χ3v) is 4.70. The minimum Gasteiger partial charge on any atom is -0.387 e. The Balaban J connectivity index is 2.03. The lowest BCUT2D eigenvalue weighted by Crippen LogP contribution is -2.28. The summed E-state index contributed by atoms with van der Waals surface area (Å²) in [5, 5.41) is 27.3. The normalized spacial score (nSPS) is 12.3. The number of nitrogens with zero attached hydrogens (tertiary/aromatic N) is 1. The lowest BCUT2D eigenvalue weighted by molar-refractivity contribution is -0.384. The number of amides is 1. The van der Waals surface area contributed by atoms with Crippen LogP contribution in [0, 0.1) is 10.1 Å². The second-order valence-corrected chi connectivity index (χ2v) is 8.01. The van der Waals surface area contributed by atoms with Crippen LogP contribution in [0.5, 0.6) is 0 Å². The van der Waals surface area contributed by atoms with E-state index in [1.54, 1.807) is 0 Å². The Bertz CT molecular complexity index is 875. The summed E-state index contributed by atoms with van der Waals surface area (Å²) in [7, 11) is 1.54. The van der Waals surface area contributed by atoms with E-state index in [4.69, 9.17) is 4.74 Å². The van der Waals surface area contributed by atoms with Crippen LogP contribution < -0.4 is 10.6 Å². The van der Waals surface area contributed by atoms with E-state index in [1.807, 2.05) is 24.3 Å². The van der Waals surface area contributed by atoms with E-state index in [1.165, 1.54) is 25.3 Å². The highest BCUT2D eigenvalue weighted by atomic mass is 16.6. The number of benzene rings is 2. The molecule has 0 aliphatic heterocycles. The lowest BCUT2D eigenvalue weighted by atomic mass is 9.86. The van der Waals surface area contributed by atoms with E-state index in [2.05, 4.69) is 31.4 Å². The number of aliphatic hydroxyl groups excluding tert-OH is 1. The summed E-state index contributed by atoms with van der Waals surface area (Å²) < 4.78 is 4.92. The molecule has 1 atom stereocenters. The first-order valence-electron chi connectivity index (χ1n) is 9.71. The van der Waals surface area contributed by atoms with Crippen molar-refractivity contribution < 1.29 is 19.6 Å². The number of hydrogen-bond acceptors (Lipinski definition) is 6. The van der Waals surface area contributed by atoms with Crippen LogP contribution >= 0.6 is 0 Å². The van der Waals surface area contributed by atoms with Gasteiger partial charge in [0.15, 0.2) is 0 Å². The van der Waals surface area contributed by atoms with Crippen LogP contribution in [0.25, 0.3) is 0 Å². The molecule has 0 bridgehead atoms. The van der Waals surface area contributed by atoms with Crippen LogP contribution in [0.3, 0.4) is 0 Å². The van der Waals surface area contributed by atoms with Gasteiger partial charge < -0.3 is 20.5 Å². The van der Waals surface area contributed by atoms with Gasteiger partial charge in [-0.2, -0.15) is 0 Å². The fourth-order valence-corrected chi connectivity index (χ4v) is 2.88. The maximum atomic E-state index is 12.4. The van der Waals surface area contributed by atoms with E-state index in [9.17, 15) is 20.0 Å². The Labute approximate surface area is 176 Å². The molecule has 3 N–H and O–H groups in total. The topological polar surface area (TPSA) is 114 Å². The predicted molar refractivity (Wildman–Crippen MR) is 116 cm³/mol. The molecule has 8 heteroatoms. The van der Waals surface area contributed by atoms with Crippen molar-refractivity contribution in [2.24, 2.45) is 0 Å². The van der Waals surface area contributed by atoms with Crippen LogP contribution in [-0.4, -0.2) is 42.7 Å². The number of rotatable bonds is 9. The Hall–Kier alpha value is -2.97. The zero-order valence-electron chi connectivity index (χ0n) is 17.8. The number of nitro groups is 1. The largest absolute Gasteiger partial charge is 0.387 e. The molecule has 2 aromatic rings. The number of nitro benzene ring substituents is 1. The van der Waals surface area contributed by atoms with Crippen LogP contribution in [0.4, 0.5) is 11.4 Å². The molecule has 30 heavy (non-hydrogen) atoms. The van der Waals surface area contributed by atoms with Gasteiger partial charge >= 0.3 is 0 Å². The summed E-state index contributed by atoms with van der Waals surface area (Å²) in [5.41, 5.74) is 2.11. The van der Waals surface area contributed by atoms with Gasteiger partial charge in [-0.05, 0) is 28.7 Å². The highest BCUT2D eigenvalue weighted by Gasteiger charge is 2.19. The fraction of sp³-hybridized carbons (Fsp3) is 0.409. The van der Waals surface area contributed by atoms with Gasteiger partial charge in [0.2, 0.25) is 0 Å². The molecule has 0 heterocycles. The number of ether oxygens (including phenoxy) is 1. The molecule has 1 unspecified atom stereocenters. The fourth-order valence-electron chi connectivity index (χ4n) is 2.88. The quantitative estimate of drug-likeness (QED) is 0.329. The summed E-state index contributed by atoms with van der Waals surface area (Å²) in [6, 6.07) is 11.8. The van der Waals surface area contributed by atoms with E-state index >= 15 is 0 Å². The Kier molecular flexibility index (Phi) is 7.91. The molecule has 0 aromatic heterocycles. The lowest BCUT2D eigenvalue weighted by Gasteiger charge is -2.20. The maximum Gasteiger partial charge on any atom is 0.293 e.